The van der Waals surface area contributed by atoms with Gasteiger partial charge in [0.15, 0.2) is 0 Å². The molecule has 1 aromatic carbocycles. The van der Waals surface area contributed by atoms with Crippen molar-refractivity contribution >= 4 is 23.2 Å². The molecule has 1 atom stereocenters. The number of aromatic nitrogens is 2. The molecule has 1 aliphatic heterocycles. The van der Waals surface area contributed by atoms with Crippen molar-refractivity contribution in [2.45, 2.75) is 25.6 Å². The summed E-state index contributed by atoms with van der Waals surface area (Å²) in [4.78, 5) is 24.6. The van der Waals surface area contributed by atoms with Crippen LogP contribution in [0, 0.1) is 5.82 Å². The summed E-state index contributed by atoms with van der Waals surface area (Å²) in [6.45, 7) is 0.287. The van der Waals surface area contributed by atoms with Gasteiger partial charge in [-0.2, -0.15) is 4.39 Å². The Morgan fingerprint density at radius 3 is 2.57 bits per heavy atom. The third-order valence-corrected chi connectivity index (χ3v) is 4.46. The van der Waals surface area contributed by atoms with Crippen LogP contribution in [0.4, 0.5) is 4.39 Å². The molecule has 1 aliphatic rings. The molecular formula is C15H13Cl2FN2O3. The Balaban J connectivity index is 2.12. The molecule has 3 rings (SSSR count). The lowest BCUT2D eigenvalue weighted by Gasteiger charge is -2.16. The Hall–Kier alpha value is -1.63. The van der Waals surface area contributed by atoms with E-state index in [0.29, 0.717) is 28.6 Å². The van der Waals surface area contributed by atoms with Crippen molar-refractivity contribution in [1.29, 1.82) is 0 Å². The minimum atomic E-state index is -1.02. The average Bonchev–Trinajstić information content (AvgIpc) is 3.04. The van der Waals surface area contributed by atoms with Gasteiger partial charge < -0.3 is 4.74 Å². The van der Waals surface area contributed by atoms with E-state index in [0.717, 1.165) is 21.8 Å². The van der Waals surface area contributed by atoms with Crippen molar-refractivity contribution in [2.75, 3.05) is 6.61 Å². The normalized spacial score (nSPS) is 17.6. The summed E-state index contributed by atoms with van der Waals surface area (Å²) in [5.74, 6) is -1.02. The predicted octanol–water partition coefficient (Wildman–Crippen LogP) is 2.81. The Morgan fingerprint density at radius 1 is 1.26 bits per heavy atom. The van der Waals surface area contributed by atoms with E-state index < -0.39 is 23.3 Å². The zero-order valence-electron chi connectivity index (χ0n) is 12.0. The highest BCUT2D eigenvalue weighted by Crippen LogP contribution is 2.25. The molecule has 1 aromatic heterocycles. The molecule has 1 saturated heterocycles. The van der Waals surface area contributed by atoms with Gasteiger partial charge in [0.1, 0.15) is 6.23 Å². The topological polar surface area (TPSA) is 53.2 Å². The molecule has 5 nitrogen and oxygen atoms in total. The van der Waals surface area contributed by atoms with Crippen LogP contribution in [0.1, 0.15) is 24.6 Å². The smallest absolute Gasteiger partial charge is 0.333 e. The third kappa shape index (κ3) is 3.06. The summed E-state index contributed by atoms with van der Waals surface area (Å²) in [6.07, 6.45) is 1.69. The molecule has 122 valence electrons. The number of hydrogen-bond donors (Lipinski definition) is 0. The molecule has 0 radical (unpaired) electrons. The third-order valence-electron chi connectivity index (χ3n) is 3.75. The Labute approximate surface area is 140 Å². The van der Waals surface area contributed by atoms with Gasteiger partial charge in [-0.15, -0.1) is 0 Å². The second-order valence-electron chi connectivity index (χ2n) is 5.23. The maximum atomic E-state index is 14.0. The van der Waals surface area contributed by atoms with Gasteiger partial charge in [-0.3, -0.25) is 13.9 Å². The van der Waals surface area contributed by atoms with Gasteiger partial charge in [0.05, 0.1) is 12.7 Å². The maximum absolute atomic E-state index is 14.0. The zero-order chi connectivity index (χ0) is 16.6. The van der Waals surface area contributed by atoms with Crippen molar-refractivity contribution in [3.05, 3.63) is 66.7 Å². The fourth-order valence-electron chi connectivity index (χ4n) is 2.56. The van der Waals surface area contributed by atoms with E-state index in [4.69, 9.17) is 27.9 Å². The van der Waals surface area contributed by atoms with Gasteiger partial charge in [-0.1, -0.05) is 29.3 Å². The van der Waals surface area contributed by atoms with E-state index in [1.54, 1.807) is 18.2 Å². The molecule has 2 heterocycles. The van der Waals surface area contributed by atoms with Crippen LogP contribution in [0.5, 0.6) is 0 Å². The number of benzene rings is 1. The number of ether oxygens (including phenoxy) is 1. The predicted molar refractivity (Wildman–Crippen MR) is 84.7 cm³/mol. The van der Waals surface area contributed by atoms with Crippen LogP contribution in [0.3, 0.4) is 0 Å². The molecular weight excluding hydrogens is 346 g/mol. The molecule has 8 heteroatoms. The average molecular weight is 359 g/mol. The van der Waals surface area contributed by atoms with Gasteiger partial charge in [-0.05, 0) is 25.0 Å². The molecule has 23 heavy (non-hydrogen) atoms. The summed E-state index contributed by atoms with van der Waals surface area (Å²) >= 11 is 12.1. The molecule has 1 fully saturated rings. The van der Waals surface area contributed by atoms with Crippen LogP contribution in [0.2, 0.25) is 10.0 Å². The fourth-order valence-corrected chi connectivity index (χ4v) is 3.07. The van der Waals surface area contributed by atoms with Crippen LogP contribution < -0.4 is 11.2 Å². The Kier molecular flexibility index (Phi) is 4.57. The zero-order valence-corrected chi connectivity index (χ0v) is 13.5. The quantitative estimate of drug-likeness (QED) is 0.847. The SMILES string of the molecule is O=c1c(F)cn([C@@H]2CCCO2)c(=O)n1Cc1c(Cl)cccc1Cl. The van der Waals surface area contributed by atoms with Crippen LogP contribution >= 0.6 is 23.2 Å². The largest absolute Gasteiger partial charge is 0.358 e. The summed E-state index contributed by atoms with van der Waals surface area (Å²) in [5, 5.41) is 0.605. The number of nitrogens with zero attached hydrogens (tertiary/aromatic N) is 2. The van der Waals surface area contributed by atoms with E-state index in [1.807, 2.05) is 0 Å². The molecule has 0 unspecified atom stereocenters. The number of rotatable bonds is 3. The molecule has 0 N–H and O–H groups in total. The summed E-state index contributed by atoms with van der Waals surface area (Å²) in [5.41, 5.74) is -1.28. The fraction of sp³-hybridized carbons (Fsp3) is 0.333. The van der Waals surface area contributed by atoms with Gasteiger partial charge in [-0.25, -0.2) is 4.79 Å². The first kappa shape index (κ1) is 16.2. The molecule has 0 saturated carbocycles. The van der Waals surface area contributed by atoms with Crippen LogP contribution in [-0.4, -0.2) is 15.7 Å². The molecule has 0 amide bonds. The minimum Gasteiger partial charge on any atom is -0.358 e. The molecule has 0 aliphatic carbocycles. The first-order valence-electron chi connectivity index (χ1n) is 7.05. The second kappa shape index (κ2) is 6.47. The van der Waals surface area contributed by atoms with Gasteiger partial charge in [0.2, 0.25) is 5.82 Å². The number of halogens is 3. The first-order chi connectivity index (χ1) is 11.0. The second-order valence-corrected chi connectivity index (χ2v) is 6.04. The lowest BCUT2D eigenvalue weighted by molar-refractivity contribution is 0.0504. The van der Waals surface area contributed by atoms with E-state index in [-0.39, 0.29) is 6.54 Å². The van der Waals surface area contributed by atoms with Crippen molar-refractivity contribution in [1.82, 2.24) is 9.13 Å². The van der Waals surface area contributed by atoms with Crippen LogP contribution in [0.15, 0.2) is 34.0 Å². The van der Waals surface area contributed by atoms with E-state index in [2.05, 4.69) is 0 Å². The molecule has 0 bridgehead atoms. The molecule has 0 spiro atoms. The standard InChI is InChI=1S/C15H13Cl2FN2O3/c16-10-3-1-4-11(17)9(10)7-20-14(21)12(18)8-19(15(20)22)13-5-2-6-23-13/h1,3-4,8,13H,2,5-7H2/t13-/m0/s1. The number of hydrogen-bond acceptors (Lipinski definition) is 3. The van der Waals surface area contributed by atoms with Crippen molar-refractivity contribution in [3.63, 3.8) is 0 Å². The van der Waals surface area contributed by atoms with Gasteiger partial charge in [0, 0.05) is 22.2 Å². The van der Waals surface area contributed by atoms with Crippen molar-refractivity contribution in [2.24, 2.45) is 0 Å². The lowest BCUT2D eigenvalue weighted by Crippen LogP contribution is -2.42. The monoisotopic (exact) mass is 358 g/mol. The van der Waals surface area contributed by atoms with Crippen LogP contribution in [-0.2, 0) is 11.3 Å². The minimum absolute atomic E-state index is 0.208. The van der Waals surface area contributed by atoms with E-state index in [9.17, 15) is 14.0 Å². The highest BCUT2D eigenvalue weighted by Gasteiger charge is 2.22. The van der Waals surface area contributed by atoms with E-state index >= 15 is 0 Å². The summed E-state index contributed by atoms with van der Waals surface area (Å²) < 4.78 is 21.2. The Morgan fingerprint density at radius 2 is 1.96 bits per heavy atom. The highest BCUT2D eigenvalue weighted by molar-refractivity contribution is 6.35. The highest BCUT2D eigenvalue weighted by atomic mass is 35.5. The molecule has 2 aromatic rings. The van der Waals surface area contributed by atoms with Crippen LogP contribution in [0.25, 0.3) is 0 Å². The Bertz CT molecular complexity index is 837. The maximum Gasteiger partial charge on any atom is 0.333 e. The van der Waals surface area contributed by atoms with E-state index in [1.165, 1.54) is 0 Å². The van der Waals surface area contributed by atoms with Gasteiger partial charge >= 0.3 is 5.69 Å². The summed E-state index contributed by atoms with van der Waals surface area (Å²) in [6, 6.07) is 4.82. The summed E-state index contributed by atoms with van der Waals surface area (Å²) in [7, 11) is 0. The lowest BCUT2D eigenvalue weighted by atomic mass is 10.2. The first-order valence-corrected chi connectivity index (χ1v) is 7.80. The van der Waals surface area contributed by atoms with Gasteiger partial charge in [0.25, 0.3) is 5.56 Å². The van der Waals surface area contributed by atoms with Crippen molar-refractivity contribution < 1.29 is 9.13 Å². The van der Waals surface area contributed by atoms with Crippen molar-refractivity contribution in [3.8, 4) is 0 Å².